The zero-order valence-corrected chi connectivity index (χ0v) is 16.3. The van der Waals surface area contributed by atoms with Crippen molar-refractivity contribution in [2.75, 3.05) is 18.4 Å². The Balaban J connectivity index is 1.84. The smallest absolute Gasteiger partial charge is 0.261 e. The number of hydrogen-bond donors (Lipinski definition) is 2. The van der Waals surface area contributed by atoms with Crippen LogP contribution in [-0.4, -0.2) is 27.2 Å². The molecule has 3 aromatic carbocycles. The maximum Gasteiger partial charge on any atom is 0.261 e. The lowest BCUT2D eigenvalue weighted by molar-refractivity contribution is 0.0484. The van der Waals surface area contributed by atoms with Gasteiger partial charge in [0.1, 0.15) is 17.7 Å². The summed E-state index contributed by atoms with van der Waals surface area (Å²) >= 11 is 0. The summed E-state index contributed by atoms with van der Waals surface area (Å²) in [6.45, 7) is -0.242. The van der Waals surface area contributed by atoms with E-state index in [1.165, 1.54) is 37.4 Å². The zero-order valence-electron chi connectivity index (χ0n) is 15.5. The van der Waals surface area contributed by atoms with Gasteiger partial charge < -0.3 is 9.84 Å². The van der Waals surface area contributed by atoms with E-state index in [2.05, 4.69) is 4.72 Å². The van der Waals surface area contributed by atoms with Crippen LogP contribution in [-0.2, 0) is 14.8 Å². The van der Waals surface area contributed by atoms with Crippen molar-refractivity contribution < 1.29 is 27.0 Å². The van der Waals surface area contributed by atoms with Crippen molar-refractivity contribution in [3.63, 3.8) is 0 Å². The number of aliphatic hydroxyl groups is 1. The molecule has 0 radical (unpaired) electrons. The van der Waals surface area contributed by atoms with Crippen LogP contribution in [0.25, 0.3) is 11.1 Å². The lowest BCUT2D eigenvalue weighted by Crippen LogP contribution is -2.13. The van der Waals surface area contributed by atoms with Crippen molar-refractivity contribution in [1.29, 1.82) is 0 Å². The molecule has 0 saturated carbocycles. The molecule has 0 aromatic heterocycles. The Morgan fingerprint density at radius 3 is 2.38 bits per heavy atom. The molecule has 3 aromatic rings. The van der Waals surface area contributed by atoms with Gasteiger partial charge in [-0.25, -0.2) is 17.2 Å². The molecule has 0 bridgehead atoms. The van der Waals surface area contributed by atoms with E-state index in [1.54, 1.807) is 24.3 Å². The number of anilines is 1. The van der Waals surface area contributed by atoms with Gasteiger partial charge in [0.05, 0.1) is 11.5 Å². The zero-order chi connectivity index (χ0) is 21.0. The number of methoxy groups -OCH3 is 1. The van der Waals surface area contributed by atoms with Crippen molar-refractivity contribution in [3.05, 3.63) is 83.9 Å². The van der Waals surface area contributed by atoms with E-state index in [1.807, 2.05) is 0 Å². The van der Waals surface area contributed by atoms with E-state index in [9.17, 15) is 22.3 Å². The first kappa shape index (κ1) is 20.9. The highest BCUT2D eigenvalue weighted by Crippen LogP contribution is 2.26. The third-order valence-electron chi connectivity index (χ3n) is 4.37. The molecule has 5 nitrogen and oxygen atoms in total. The quantitative estimate of drug-likeness (QED) is 0.604. The summed E-state index contributed by atoms with van der Waals surface area (Å²) in [7, 11) is -2.44. The van der Waals surface area contributed by atoms with Gasteiger partial charge in [0.15, 0.2) is 0 Å². The number of benzene rings is 3. The first-order valence-electron chi connectivity index (χ1n) is 8.66. The summed E-state index contributed by atoms with van der Waals surface area (Å²) in [6, 6.07) is 15.3. The van der Waals surface area contributed by atoms with Crippen molar-refractivity contribution in [3.8, 4) is 11.1 Å². The summed E-state index contributed by atoms with van der Waals surface area (Å²) in [4.78, 5) is -0.0142. The summed E-state index contributed by atoms with van der Waals surface area (Å²) in [6.07, 6.45) is -0.565. The highest BCUT2D eigenvalue weighted by atomic mass is 32.2. The maximum atomic E-state index is 13.9. The molecular formula is C21H19F2NO4S. The third-order valence-corrected chi connectivity index (χ3v) is 5.76. The number of hydrogen-bond acceptors (Lipinski definition) is 4. The van der Waals surface area contributed by atoms with Crippen molar-refractivity contribution >= 4 is 15.7 Å². The highest BCUT2D eigenvalue weighted by molar-refractivity contribution is 7.92. The molecule has 0 aliphatic heterocycles. The Morgan fingerprint density at radius 1 is 1.03 bits per heavy atom. The van der Waals surface area contributed by atoms with Gasteiger partial charge in [0.2, 0.25) is 0 Å². The first-order chi connectivity index (χ1) is 13.8. The second-order valence-corrected chi connectivity index (χ2v) is 7.97. The largest absolute Gasteiger partial charge is 0.393 e. The van der Waals surface area contributed by atoms with Crippen molar-refractivity contribution in [2.45, 2.75) is 11.0 Å². The minimum Gasteiger partial charge on any atom is -0.393 e. The lowest BCUT2D eigenvalue weighted by atomic mass is 10.1. The van der Waals surface area contributed by atoms with Gasteiger partial charge in [-0.1, -0.05) is 24.3 Å². The van der Waals surface area contributed by atoms with Gasteiger partial charge in [-0.3, -0.25) is 4.72 Å². The molecule has 3 rings (SSSR count). The number of nitrogens with one attached hydrogen (secondary N) is 1. The summed E-state index contributed by atoms with van der Waals surface area (Å²) in [5, 5.41) is 9.32. The Hall–Kier alpha value is -2.81. The molecule has 0 aliphatic rings. The van der Waals surface area contributed by atoms with E-state index < -0.39 is 27.8 Å². The van der Waals surface area contributed by atoms with Gasteiger partial charge >= 0.3 is 0 Å². The standard InChI is InChI=1S/C21H19F2NO4S/c1-28-21(13-25)15-3-2-4-17(11-15)24-29(26,27)18-8-5-14(6-9-18)19-10-7-16(22)12-20(19)23/h2-12,21,24-25H,13H2,1H3/t21-/m0/s1. The van der Waals surface area contributed by atoms with Crippen LogP contribution in [0, 0.1) is 11.6 Å². The molecule has 2 N–H and O–H groups in total. The Kier molecular flexibility index (Phi) is 6.26. The van der Waals surface area contributed by atoms with Crippen LogP contribution in [0.5, 0.6) is 0 Å². The van der Waals surface area contributed by atoms with Crippen LogP contribution < -0.4 is 4.72 Å². The minimum absolute atomic E-state index is 0.0142. The van der Waals surface area contributed by atoms with Gasteiger partial charge in [-0.05, 0) is 47.5 Å². The van der Waals surface area contributed by atoms with Crippen LogP contribution in [0.4, 0.5) is 14.5 Å². The molecule has 152 valence electrons. The average molecular weight is 419 g/mol. The van der Waals surface area contributed by atoms with Gasteiger partial charge in [-0.15, -0.1) is 0 Å². The normalized spacial score (nSPS) is 12.6. The van der Waals surface area contributed by atoms with Crippen molar-refractivity contribution in [1.82, 2.24) is 0 Å². The van der Waals surface area contributed by atoms with E-state index in [-0.39, 0.29) is 17.1 Å². The Morgan fingerprint density at radius 2 is 1.76 bits per heavy atom. The highest BCUT2D eigenvalue weighted by Gasteiger charge is 2.16. The van der Waals surface area contributed by atoms with Crippen molar-refractivity contribution in [2.24, 2.45) is 0 Å². The van der Waals surface area contributed by atoms with Crippen LogP contribution in [0.2, 0.25) is 0 Å². The molecule has 0 aliphatic carbocycles. The monoisotopic (exact) mass is 419 g/mol. The molecule has 0 heterocycles. The predicted octanol–water partition coefficient (Wildman–Crippen LogP) is 4.11. The fourth-order valence-corrected chi connectivity index (χ4v) is 3.92. The number of halogens is 2. The topological polar surface area (TPSA) is 75.6 Å². The average Bonchev–Trinajstić information content (AvgIpc) is 2.69. The first-order valence-corrected chi connectivity index (χ1v) is 10.1. The number of rotatable bonds is 7. The van der Waals surface area contributed by atoms with E-state index in [0.717, 1.165) is 12.1 Å². The second kappa shape index (κ2) is 8.69. The van der Waals surface area contributed by atoms with E-state index in [0.29, 0.717) is 16.8 Å². The Bertz CT molecular complexity index is 1100. The van der Waals surface area contributed by atoms with Gasteiger partial charge in [0.25, 0.3) is 10.0 Å². The molecule has 0 fully saturated rings. The SMILES string of the molecule is CO[C@@H](CO)c1cccc(NS(=O)(=O)c2ccc(-c3ccc(F)cc3F)cc2)c1. The van der Waals surface area contributed by atoms with Crippen LogP contribution in [0.3, 0.4) is 0 Å². The fourth-order valence-electron chi connectivity index (χ4n) is 2.87. The molecule has 8 heteroatoms. The van der Waals surface area contributed by atoms with Crippen LogP contribution in [0.1, 0.15) is 11.7 Å². The van der Waals surface area contributed by atoms with Gasteiger partial charge in [-0.2, -0.15) is 0 Å². The lowest BCUT2D eigenvalue weighted by Gasteiger charge is -2.15. The Labute approximate surface area is 167 Å². The molecule has 29 heavy (non-hydrogen) atoms. The maximum absolute atomic E-state index is 13.9. The molecule has 0 amide bonds. The summed E-state index contributed by atoms with van der Waals surface area (Å²) in [5.74, 6) is -1.42. The number of aliphatic hydroxyl groups excluding tert-OH is 1. The fraction of sp³-hybridized carbons (Fsp3) is 0.143. The molecule has 0 unspecified atom stereocenters. The van der Waals surface area contributed by atoms with Gasteiger partial charge in [0, 0.05) is 24.4 Å². The van der Waals surface area contributed by atoms with E-state index in [4.69, 9.17) is 4.74 Å². The van der Waals surface area contributed by atoms with Crippen LogP contribution >= 0.6 is 0 Å². The van der Waals surface area contributed by atoms with Crippen LogP contribution in [0.15, 0.2) is 71.6 Å². The minimum atomic E-state index is -3.89. The molecular weight excluding hydrogens is 400 g/mol. The summed E-state index contributed by atoms with van der Waals surface area (Å²) < 4.78 is 59.9. The molecule has 0 saturated heterocycles. The predicted molar refractivity (Wildman–Crippen MR) is 106 cm³/mol. The third kappa shape index (κ3) is 4.79. The second-order valence-electron chi connectivity index (χ2n) is 6.29. The van der Waals surface area contributed by atoms with E-state index >= 15 is 0 Å². The number of sulfonamides is 1. The molecule has 0 spiro atoms. The number of ether oxygens (including phenoxy) is 1. The summed E-state index contributed by atoms with van der Waals surface area (Å²) in [5.41, 5.74) is 1.53. The molecule has 1 atom stereocenters.